The Morgan fingerprint density at radius 2 is 2.14 bits per heavy atom. The summed E-state index contributed by atoms with van der Waals surface area (Å²) in [6, 6.07) is 0. The number of ether oxygens (including phenoxy) is 1. The molecule has 1 atom stereocenters. The van der Waals surface area contributed by atoms with Crippen molar-refractivity contribution in [2.24, 2.45) is 0 Å². The maximum Gasteiger partial charge on any atom is 0.334 e. The van der Waals surface area contributed by atoms with E-state index in [2.05, 4.69) is 6.58 Å². The normalized spacial score (nSPS) is 12.6. The largest absolute Gasteiger partial charge is 1.00 e. The Hall–Kier alpha value is -0.580. The van der Waals surface area contributed by atoms with Crippen LogP contribution in [0.15, 0.2) is 12.7 Å². The van der Waals surface area contributed by atoms with Crippen molar-refractivity contribution in [2.75, 3.05) is 27.2 Å². The number of carbonyl (C=O) groups is 1. The van der Waals surface area contributed by atoms with E-state index in [1.807, 2.05) is 14.1 Å². The molecule has 5 heteroatoms. The molecule has 0 aromatic rings. The van der Waals surface area contributed by atoms with Crippen molar-refractivity contribution in [2.45, 2.75) is 13.2 Å². The molecule has 4 nitrogen and oxygen atoms in total. The second-order valence-corrected chi connectivity index (χ2v) is 3.47. The van der Waals surface area contributed by atoms with Crippen LogP contribution in [0.25, 0.3) is 0 Å². The summed E-state index contributed by atoms with van der Waals surface area (Å²) in [6.07, 6.45) is 0.854. The first-order valence-corrected chi connectivity index (χ1v) is 4.20. The van der Waals surface area contributed by atoms with E-state index in [1.165, 1.54) is 0 Å². The highest BCUT2D eigenvalue weighted by molar-refractivity contribution is 5.81. The van der Waals surface area contributed by atoms with Crippen LogP contribution in [0.2, 0.25) is 0 Å². The molecular formula is C9H18ClNO3. The van der Waals surface area contributed by atoms with Gasteiger partial charge < -0.3 is 22.3 Å². The number of hydrogen-bond donors (Lipinski definition) is 1. The third kappa shape index (κ3) is 5.21. The number of halogens is 1. The van der Waals surface area contributed by atoms with Crippen molar-refractivity contribution < 1.29 is 31.5 Å². The summed E-state index contributed by atoms with van der Waals surface area (Å²) >= 11 is 0. The number of likely N-dealkylation sites (N-methyl/N-ethyl adjacent to an activating group) is 1. The summed E-state index contributed by atoms with van der Waals surface area (Å²) in [5, 5.41) is 8.77. The number of nitrogens with zero attached hydrogens (tertiary/aromatic N) is 1. The molecule has 0 amide bonds. The number of aliphatic hydroxyl groups is 1. The molecule has 0 aromatic heterocycles. The lowest BCUT2D eigenvalue weighted by molar-refractivity contribution is -0.932. The molecule has 0 aliphatic carbocycles. The highest BCUT2D eigenvalue weighted by atomic mass is 35.5. The van der Waals surface area contributed by atoms with Crippen LogP contribution < -0.4 is 12.4 Å². The third-order valence-electron chi connectivity index (χ3n) is 2.11. The molecule has 0 rings (SSSR count). The second kappa shape index (κ2) is 6.81. The van der Waals surface area contributed by atoms with Gasteiger partial charge in [0.25, 0.3) is 0 Å². The van der Waals surface area contributed by atoms with E-state index in [0.717, 1.165) is 6.08 Å². The van der Waals surface area contributed by atoms with Gasteiger partial charge in [-0.1, -0.05) is 6.58 Å². The maximum absolute atomic E-state index is 10.9. The maximum atomic E-state index is 10.9. The number of carbonyl (C=O) groups excluding carboxylic acids is 1. The fourth-order valence-corrected chi connectivity index (χ4v) is 0.798. The molecular weight excluding hydrogens is 206 g/mol. The quantitative estimate of drug-likeness (QED) is 0.236. The van der Waals surface area contributed by atoms with Crippen LogP contribution in [0.3, 0.4) is 0 Å². The number of rotatable bonds is 5. The number of hydrogen-bond acceptors (Lipinski definition) is 3. The van der Waals surface area contributed by atoms with Crippen molar-refractivity contribution in [3.05, 3.63) is 12.7 Å². The van der Waals surface area contributed by atoms with Crippen LogP contribution in [0.1, 0.15) is 6.92 Å². The fraction of sp³-hybridized carbons (Fsp3) is 0.667. The highest BCUT2D eigenvalue weighted by Crippen LogP contribution is 2.07. The Morgan fingerprint density at radius 1 is 1.64 bits per heavy atom. The molecule has 0 aliphatic rings. The van der Waals surface area contributed by atoms with Crippen LogP contribution in [0, 0.1) is 0 Å². The van der Waals surface area contributed by atoms with Crippen molar-refractivity contribution in [3.8, 4) is 0 Å². The Labute approximate surface area is 91.2 Å². The van der Waals surface area contributed by atoms with Crippen LogP contribution >= 0.6 is 0 Å². The van der Waals surface area contributed by atoms with Gasteiger partial charge in [-0.25, -0.2) is 4.79 Å². The fourth-order valence-electron chi connectivity index (χ4n) is 0.798. The minimum atomic E-state index is -0.434. The summed E-state index contributed by atoms with van der Waals surface area (Å²) in [4.78, 5) is 10.9. The summed E-state index contributed by atoms with van der Waals surface area (Å²) in [5.41, 5.74) is 0. The van der Waals surface area contributed by atoms with Gasteiger partial charge in [0, 0.05) is 13.0 Å². The average molecular weight is 224 g/mol. The molecule has 0 aromatic carbocycles. The Bertz CT molecular complexity index is 194. The predicted octanol–water partition coefficient (Wildman–Crippen LogP) is -2.87. The summed E-state index contributed by atoms with van der Waals surface area (Å²) in [6.45, 7) is 5.72. The van der Waals surface area contributed by atoms with Crippen molar-refractivity contribution in [1.82, 2.24) is 0 Å². The molecule has 0 saturated heterocycles. The van der Waals surface area contributed by atoms with Gasteiger partial charge in [0.1, 0.15) is 6.54 Å². The second-order valence-electron chi connectivity index (χ2n) is 3.47. The molecule has 0 radical (unpaired) electrons. The summed E-state index contributed by atoms with van der Waals surface area (Å²) in [7, 11) is 3.77. The molecule has 84 valence electrons. The number of quaternary nitrogens is 1. The van der Waals surface area contributed by atoms with Crippen LogP contribution in [0.4, 0.5) is 0 Å². The minimum Gasteiger partial charge on any atom is -1.00 e. The lowest BCUT2D eigenvalue weighted by Gasteiger charge is -2.34. The highest BCUT2D eigenvalue weighted by Gasteiger charge is 2.25. The number of esters is 1. The van der Waals surface area contributed by atoms with E-state index in [4.69, 9.17) is 9.84 Å². The predicted molar refractivity (Wildman–Crippen MR) is 49.8 cm³/mol. The van der Waals surface area contributed by atoms with Crippen molar-refractivity contribution >= 4 is 5.97 Å². The monoisotopic (exact) mass is 223 g/mol. The lowest BCUT2D eigenvalue weighted by Crippen LogP contribution is -3.00. The molecule has 1 unspecified atom stereocenters. The summed E-state index contributed by atoms with van der Waals surface area (Å²) < 4.78 is 5.46. The van der Waals surface area contributed by atoms with Gasteiger partial charge in [-0.05, 0) is 0 Å². The molecule has 0 spiro atoms. The third-order valence-corrected chi connectivity index (χ3v) is 2.11. The Balaban J connectivity index is 0. The molecule has 0 heterocycles. The Kier molecular flexibility index (Phi) is 7.72. The van der Waals surface area contributed by atoms with Crippen LogP contribution in [-0.4, -0.2) is 49.0 Å². The Morgan fingerprint density at radius 3 is 2.50 bits per heavy atom. The van der Waals surface area contributed by atoms with E-state index >= 15 is 0 Å². The van der Waals surface area contributed by atoms with Gasteiger partial charge in [0.2, 0.25) is 6.23 Å². The topological polar surface area (TPSA) is 46.5 Å². The van der Waals surface area contributed by atoms with Gasteiger partial charge in [-0.3, -0.25) is 4.48 Å². The molecule has 0 aliphatic heterocycles. The molecule has 14 heavy (non-hydrogen) atoms. The first-order chi connectivity index (χ1) is 5.94. The SMILES string of the molecule is C=CC(=O)OC(C)[N+](C)(C)CCO.[Cl-]. The van der Waals surface area contributed by atoms with Gasteiger partial charge in [0.05, 0.1) is 20.7 Å². The molecule has 0 fully saturated rings. The van der Waals surface area contributed by atoms with Gasteiger partial charge >= 0.3 is 5.97 Å². The first kappa shape index (κ1) is 15.9. The van der Waals surface area contributed by atoms with Crippen LogP contribution in [0.5, 0.6) is 0 Å². The zero-order valence-electron chi connectivity index (χ0n) is 8.86. The zero-order valence-corrected chi connectivity index (χ0v) is 9.62. The van der Waals surface area contributed by atoms with Gasteiger partial charge in [-0.2, -0.15) is 0 Å². The van der Waals surface area contributed by atoms with E-state index in [9.17, 15) is 4.79 Å². The zero-order chi connectivity index (χ0) is 10.5. The molecule has 1 N–H and O–H groups in total. The average Bonchev–Trinajstić information content (AvgIpc) is 2.04. The van der Waals surface area contributed by atoms with Gasteiger partial charge in [0.15, 0.2) is 0 Å². The van der Waals surface area contributed by atoms with E-state index in [0.29, 0.717) is 11.0 Å². The minimum absolute atomic E-state index is 0. The smallest absolute Gasteiger partial charge is 0.334 e. The standard InChI is InChI=1S/C9H18NO3.ClH/c1-5-9(12)13-8(2)10(3,4)6-7-11;/h5,8,11H,1,6-7H2,2-4H3;1H/q+1;/p-1. The number of aliphatic hydroxyl groups excluding tert-OH is 1. The van der Waals surface area contributed by atoms with Crippen molar-refractivity contribution in [3.63, 3.8) is 0 Å². The molecule has 0 bridgehead atoms. The van der Waals surface area contributed by atoms with Gasteiger partial charge in [-0.15, -0.1) is 0 Å². The lowest BCUT2D eigenvalue weighted by atomic mass is 10.4. The van der Waals surface area contributed by atoms with E-state index in [1.54, 1.807) is 6.92 Å². The first-order valence-electron chi connectivity index (χ1n) is 4.20. The van der Waals surface area contributed by atoms with Crippen LogP contribution in [-0.2, 0) is 9.53 Å². The summed E-state index contributed by atoms with van der Waals surface area (Å²) in [5.74, 6) is -0.434. The van der Waals surface area contributed by atoms with E-state index in [-0.39, 0.29) is 25.2 Å². The van der Waals surface area contributed by atoms with E-state index < -0.39 is 5.97 Å². The van der Waals surface area contributed by atoms with Crippen molar-refractivity contribution in [1.29, 1.82) is 0 Å². The molecule has 0 saturated carbocycles.